The fourth-order valence-electron chi connectivity index (χ4n) is 3.01. The highest BCUT2D eigenvalue weighted by atomic mass is 32.2. The molecule has 138 valence electrons. The highest BCUT2D eigenvalue weighted by Gasteiger charge is 2.17. The second-order valence-electron chi connectivity index (χ2n) is 5.96. The molecule has 0 fully saturated rings. The zero-order chi connectivity index (χ0) is 18.5. The van der Waals surface area contributed by atoms with Crippen LogP contribution in [0.3, 0.4) is 0 Å². The van der Waals surface area contributed by atoms with E-state index in [9.17, 15) is 0 Å². The van der Waals surface area contributed by atoms with Crippen LogP contribution in [-0.4, -0.2) is 27.3 Å². The third-order valence-electron chi connectivity index (χ3n) is 4.21. The molecule has 0 saturated carbocycles. The minimum absolute atomic E-state index is 0.177. The highest BCUT2D eigenvalue weighted by Crippen LogP contribution is 2.42. The van der Waals surface area contributed by atoms with Gasteiger partial charge in [-0.25, -0.2) is 0 Å². The van der Waals surface area contributed by atoms with Crippen molar-refractivity contribution in [2.45, 2.75) is 24.7 Å². The number of aryl methyl sites for hydroxylation is 1. The summed E-state index contributed by atoms with van der Waals surface area (Å²) in [6.07, 6.45) is 4.28. The first-order valence-corrected chi connectivity index (χ1v) is 9.83. The maximum absolute atomic E-state index is 6.19. The van der Waals surface area contributed by atoms with Gasteiger partial charge in [0.25, 0.3) is 0 Å². The van der Waals surface area contributed by atoms with Crippen molar-refractivity contribution in [3.8, 4) is 22.8 Å². The summed E-state index contributed by atoms with van der Waals surface area (Å²) >= 11 is 1.70. The van der Waals surface area contributed by atoms with Gasteiger partial charge in [-0.15, -0.1) is 11.8 Å². The molecule has 1 heterocycles. The largest absolute Gasteiger partial charge is 0.493 e. The predicted octanol–water partition coefficient (Wildman–Crippen LogP) is 5.77. The molecule has 0 bridgehead atoms. The molecule has 0 atom stereocenters. The molecular formula is C21H24O4S. The van der Waals surface area contributed by atoms with Gasteiger partial charge in [0.15, 0.2) is 18.3 Å². The van der Waals surface area contributed by atoms with Gasteiger partial charge in [0.05, 0.1) is 12.0 Å². The van der Waals surface area contributed by atoms with Gasteiger partial charge < -0.3 is 18.6 Å². The van der Waals surface area contributed by atoms with E-state index in [1.54, 1.807) is 26.0 Å². The minimum Gasteiger partial charge on any atom is -0.493 e. The van der Waals surface area contributed by atoms with Gasteiger partial charge >= 0.3 is 0 Å². The lowest BCUT2D eigenvalue weighted by atomic mass is 10.1. The fourth-order valence-corrected chi connectivity index (χ4v) is 3.73. The Kier molecular flexibility index (Phi) is 6.12. The van der Waals surface area contributed by atoms with E-state index in [0.717, 1.165) is 40.0 Å². The van der Waals surface area contributed by atoms with Crippen LogP contribution < -0.4 is 9.47 Å². The summed E-state index contributed by atoms with van der Waals surface area (Å²) in [7, 11) is 3.22. The van der Waals surface area contributed by atoms with Crippen molar-refractivity contribution in [2.75, 3.05) is 27.3 Å². The monoisotopic (exact) mass is 372 g/mol. The van der Waals surface area contributed by atoms with Crippen molar-refractivity contribution >= 4 is 22.7 Å². The molecule has 0 unspecified atom stereocenters. The van der Waals surface area contributed by atoms with Gasteiger partial charge in [-0.3, -0.25) is 0 Å². The number of hydrogen-bond acceptors (Lipinski definition) is 5. The zero-order valence-corrected chi connectivity index (χ0v) is 16.4. The summed E-state index contributed by atoms with van der Waals surface area (Å²) in [4.78, 5) is 1.14. The Morgan fingerprint density at radius 3 is 2.58 bits per heavy atom. The van der Waals surface area contributed by atoms with Crippen LogP contribution in [0.2, 0.25) is 0 Å². The second kappa shape index (κ2) is 8.52. The number of methoxy groups -OCH3 is 2. The zero-order valence-electron chi connectivity index (χ0n) is 15.6. The molecule has 0 radical (unpaired) electrons. The molecule has 4 nitrogen and oxygen atoms in total. The molecule has 3 aromatic rings. The van der Waals surface area contributed by atoms with Crippen LogP contribution in [0.4, 0.5) is 0 Å². The molecule has 0 aliphatic carbocycles. The normalized spacial score (nSPS) is 11.1. The van der Waals surface area contributed by atoms with Gasteiger partial charge in [0.1, 0.15) is 11.3 Å². The Morgan fingerprint density at radius 2 is 1.88 bits per heavy atom. The second-order valence-corrected chi connectivity index (χ2v) is 6.78. The van der Waals surface area contributed by atoms with Crippen molar-refractivity contribution in [1.82, 2.24) is 0 Å². The van der Waals surface area contributed by atoms with E-state index in [1.807, 2.05) is 18.2 Å². The molecule has 0 aliphatic heterocycles. The number of hydrogen-bond donors (Lipinski definition) is 0. The average molecular weight is 372 g/mol. The number of benzene rings is 2. The Hall–Kier alpha value is -2.11. The van der Waals surface area contributed by atoms with Crippen LogP contribution in [0.15, 0.2) is 45.7 Å². The van der Waals surface area contributed by atoms with Crippen LogP contribution >= 0.6 is 11.8 Å². The van der Waals surface area contributed by atoms with Crippen LogP contribution in [0.1, 0.15) is 18.9 Å². The maximum Gasteiger partial charge on any atom is 0.188 e. The molecular weight excluding hydrogens is 348 g/mol. The summed E-state index contributed by atoms with van der Waals surface area (Å²) in [5, 5.41) is 1.16. The van der Waals surface area contributed by atoms with E-state index in [-0.39, 0.29) is 6.79 Å². The lowest BCUT2D eigenvalue weighted by Gasteiger charge is -2.11. The Bertz CT molecular complexity index is 885. The first-order valence-electron chi connectivity index (χ1n) is 8.61. The van der Waals surface area contributed by atoms with Crippen molar-refractivity contribution in [2.24, 2.45) is 0 Å². The summed E-state index contributed by atoms with van der Waals surface area (Å²) < 4.78 is 22.2. The quantitative estimate of drug-likeness (QED) is 0.371. The lowest BCUT2D eigenvalue weighted by molar-refractivity contribution is 0.0492. The molecule has 2 aromatic carbocycles. The Morgan fingerprint density at radius 1 is 1.04 bits per heavy atom. The molecule has 26 heavy (non-hydrogen) atoms. The van der Waals surface area contributed by atoms with E-state index in [1.165, 1.54) is 5.56 Å². The number of fused-ring (bicyclic) bond motifs is 1. The number of rotatable bonds is 8. The van der Waals surface area contributed by atoms with Crippen molar-refractivity contribution in [3.63, 3.8) is 0 Å². The predicted molar refractivity (Wildman–Crippen MR) is 106 cm³/mol. The topological polar surface area (TPSA) is 40.8 Å². The third-order valence-corrected chi connectivity index (χ3v) is 5.02. The molecule has 0 saturated heterocycles. The van der Waals surface area contributed by atoms with Crippen molar-refractivity contribution in [1.29, 1.82) is 0 Å². The van der Waals surface area contributed by atoms with E-state index in [4.69, 9.17) is 18.6 Å². The third kappa shape index (κ3) is 3.69. The smallest absolute Gasteiger partial charge is 0.188 e. The summed E-state index contributed by atoms with van der Waals surface area (Å²) in [5.74, 6) is 2.15. The highest BCUT2D eigenvalue weighted by molar-refractivity contribution is 7.99. The van der Waals surface area contributed by atoms with Crippen molar-refractivity contribution in [3.05, 3.63) is 42.0 Å². The number of furan rings is 1. The first kappa shape index (κ1) is 18.7. The Balaban J connectivity index is 2.06. The average Bonchev–Trinajstić information content (AvgIpc) is 3.04. The van der Waals surface area contributed by atoms with Gasteiger partial charge in [-0.1, -0.05) is 19.4 Å². The van der Waals surface area contributed by atoms with E-state index in [2.05, 4.69) is 31.4 Å². The molecule has 0 spiro atoms. The van der Waals surface area contributed by atoms with Crippen LogP contribution in [0.5, 0.6) is 11.5 Å². The van der Waals surface area contributed by atoms with Crippen LogP contribution in [0, 0.1) is 0 Å². The van der Waals surface area contributed by atoms with Gasteiger partial charge in [-0.2, -0.15) is 0 Å². The molecule has 0 N–H and O–H groups in total. The van der Waals surface area contributed by atoms with E-state index < -0.39 is 0 Å². The fraction of sp³-hybridized carbons (Fsp3) is 0.333. The molecule has 0 amide bonds. The molecule has 3 rings (SSSR count). The molecule has 1 aromatic heterocycles. The maximum atomic E-state index is 6.19. The van der Waals surface area contributed by atoms with Crippen LogP contribution in [0.25, 0.3) is 22.3 Å². The lowest BCUT2D eigenvalue weighted by Crippen LogP contribution is -2.00. The van der Waals surface area contributed by atoms with Gasteiger partial charge in [-0.05, 0) is 48.6 Å². The summed E-state index contributed by atoms with van der Waals surface area (Å²) in [5.41, 5.74) is 3.20. The SMILES string of the molecule is CCCc1ccc2oc(-c3ccc(OCOC)c(OC)c3)c(SC)c2c1. The standard InChI is InChI=1S/C21H24O4S/c1-5-6-14-7-9-17-16(11-14)21(26-4)20(25-17)15-8-10-18(24-13-22-2)19(12-15)23-3/h7-12H,5-6,13H2,1-4H3. The minimum atomic E-state index is 0.177. The first-order chi connectivity index (χ1) is 12.7. The number of thioether (sulfide) groups is 1. The van der Waals surface area contributed by atoms with E-state index in [0.29, 0.717) is 11.5 Å². The van der Waals surface area contributed by atoms with Gasteiger partial charge in [0, 0.05) is 18.1 Å². The summed E-state index contributed by atoms with van der Waals surface area (Å²) in [6.45, 7) is 2.37. The molecule has 0 aliphatic rings. The molecule has 5 heteroatoms. The van der Waals surface area contributed by atoms with Crippen LogP contribution in [-0.2, 0) is 11.2 Å². The summed E-state index contributed by atoms with van der Waals surface area (Å²) in [6, 6.07) is 12.3. The van der Waals surface area contributed by atoms with E-state index >= 15 is 0 Å². The van der Waals surface area contributed by atoms with Crippen molar-refractivity contribution < 1.29 is 18.6 Å². The Labute approximate surface area is 158 Å². The number of ether oxygens (including phenoxy) is 3. The van der Waals surface area contributed by atoms with Gasteiger partial charge in [0.2, 0.25) is 0 Å².